The monoisotopic (exact) mass is 293 g/mol. The first-order chi connectivity index (χ1) is 9.56. The molecule has 1 aromatic heterocycles. The smallest absolute Gasteiger partial charge is 0.252 e. The van der Waals surface area contributed by atoms with Crippen LogP contribution in [0.4, 0.5) is 0 Å². The van der Waals surface area contributed by atoms with Gasteiger partial charge in [0.05, 0.1) is 28.6 Å². The van der Waals surface area contributed by atoms with Crippen LogP contribution in [0.1, 0.15) is 29.9 Å². The van der Waals surface area contributed by atoms with Crippen LogP contribution in [0.5, 0.6) is 5.75 Å². The second-order valence-electron chi connectivity index (χ2n) is 4.20. The topological polar surface area (TPSA) is 70.1 Å². The maximum absolute atomic E-state index is 11.4. The molecular formula is C14H16ClN3O2. The van der Waals surface area contributed by atoms with Gasteiger partial charge in [-0.05, 0) is 25.5 Å². The van der Waals surface area contributed by atoms with Crippen molar-refractivity contribution in [3.8, 4) is 11.4 Å². The number of hydrogen-bond donors (Lipinski definition) is 1. The molecular weight excluding hydrogens is 278 g/mol. The molecule has 20 heavy (non-hydrogen) atoms. The van der Waals surface area contributed by atoms with Gasteiger partial charge in [-0.1, -0.05) is 18.5 Å². The van der Waals surface area contributed by atoms with Gasteiger partial charge in [0.15, 0.2) is 0 Å². The summed E-state index contributed by atoms with van der Waals surface area (Å²) in [6.07, 6.45) is 2.22. The van der Waals surface area contributed by atoms with E-state index in [0.29, 0.717) is 40.7 Å². The van der Waals surface area contributed by atoms with Gasteiger partial charge in [0.1, 0.15) is 5.75 Å². The molecule has 0 radical (unpaired) electrons. The molecule has 0 aliphatic carbocycles. The van der Waals surface area contributed by atoms with E-state index in [1.165, 1.54) is 0 Å². The van der Waals surface area contributed by atoms with Gasteiger partial charge in [-0.15, -0.1) is 0 Å². The summed E-state index contributed by atoms with van der Waals surface area (Å²) >= 11 is 6.23. The molecule has 6 heteroatoms. The number of benzene rings is 1. The lowest BCUT2D eigenvalue weighted by molar-refractivity contribution is 0.0999. The first-order valence-corrected chi connectivity index (χ1v) is 6.75. The lowest BCUT2D eigenvalue weighted by atomic mass is 10.2. The van der Waals surface area contributed by atoms with Crippen molar-refractivity contribution in [2.75, 3.05) is 6.61 Å². The molecule has 0 atom stereocenters. The van der Waals surface area contributed by atoms with E-state index >= 15 is 0 Å². The molecule has 0 bridgehead atoms. The normalized spacial score (nSPS) is 10.6. The molecule has 1 aromatic carbocycles. The number of hydrogen-bond acceptors (Lipinski definition) is 3. The fourth-order valence-corrected chi connectivity index (χ4v) is 2.19. The van der Waals surface area contributed by atoms with Crippen LogP contribution in [0.2, 0.25) is 5.02 Å². The molecule has 0 spiro atoms. The quantitative estimate of drug-likeness (QED) is 0.921. The highest BCUT2D eigenvalue weighted by Gasteiger charge is 2.14. The Labute approximate surface area is 122 Å². The van der Waals surface area contributed by atoms with Crippen LogP contribution in [0, 0.1) is 0 Å². The predicted octanol–water partition coefficient (Wildman–Crippen LogP) is 2.59. The Morgan fingerprint density at radius 1 is 1.45 bits per heavy atom. The van der Waals surface area contributed by atoms with Gasteiger partial charge in [-0.2, -0.15) is 5.10 Å². The summed E-state index contributed by atoms with van der Waals surface area (Å²) in [5, 5.41) is 4.84. The third-order valence-electron chi connectivity index (χ3n) is 2.87. The molecule has 0 unspecified atom stereocenters. The molecule has 5 nitrogen and oxygen atoms in total. The Hall–Kier alpha value is -2.01. The molecule has 1 heterocycles. The molecule has 0 saturated carbocycles. The lowest BCUT2D eigenvalue weighted by Crippen LogP contribution is -2.12. The molecule has 2 N–H and O–H groups in total. The van der Waals surface area contributed by atoms with Crippen molar-refractivity contribution in [1.29, 1.82) is 0 Å². The zero-order valence-electron chi connectivity index (χ0n) is 11.4. The summed E-state index contributed by atoms with van der Waals surface area (Å²) < 4.78 is 6.94. The molecule has 2 rings (SSSR count). The third-order valence-corrected chi connectivity index (χ3v) is 3.17. The summed E-state index contributed by atoms with van der Waals surface area (Å²) in [5.41, 5.74) is 7.09. The van der Waals surface area contributed by atoms with Crippen LogP contribution in [0.3, 0.4) is 0 Å². The highest BCUT2D eigenvalue weighted by molar-refractivity contribution is 6.32. The minimum Gasteiger partial charge on any atom is -0.494 e. The maximum atomic E-state index is 11.4. The average Bonchev–Trinajstić information content (AvgIpc) is 2.83. The third kappa shape index (κ3) is 2.77. The van der Waals surface area contributed by atoms with Crippen molar-refractivity contribution >= 4 is 17.5 Å². The van der Waals surface area contributed by atoms with Crippen molar-refractivity contribution in [1.82, 2.24) is 9.78 Å². The van der Waals surface area contributed by atoms with Gasteiger partial charge in [0, 0.05) is 12.3 Å². The Morgan fingerprint density at radius 2 is 2.20 bits per heavy atom. The Kier molecular flexibility index (Phi) is 4.29. The van der Waals surface area contributed by atoms with Crippen LogP contribution in [-0.2, 0) is 6.42 Å². The number of halogens is 1. The van der Waals surface area contributed by atoms with Crippen LogP contribution in [-0.4, -0.2) is 22.3 Å². The molecule has 0 aliphatic heterocycles. The van der Waals surface area contributed by atoms with Gasteiger partial charge in [-0.3, -0.25) is 4.79 Å². The van der Waals surface area contributed by atoms with Crippen LogP contribution >= 0.6 is 11.6 Å². The maximum Gasteiger partial charge on any atom is 0.252 e. The molecule has 2 aromatic rings. The van der Waals surface area contributed by atoms with E-state index in [4.69, 9.17) is 22.1 Å². The van der Waals surface area contributed by atoms with E-state index in [0.717, 1.165) is 0 Å². The van der Waals surface area contributed by atoms with E-state index in [-0.39, 0.29) is 0 Å². The van der Waals surface area contributed by atoms with E-state index in [2.05, 4.69) is 5.10 Å². The Morgan fingerprint density at radius 3 is 2.70 bits per heavy atom. The molecule has 106 valence electrons. The van der Waals surface area contributed by atoms with Crippen molar-refractivity contribution in [2.24, 2.45) is 5.73 Å². The Bertz CT molecular complexity index is 637. The minimum absolute atomic E-state index is 0.414. The van der Waals surface area contributed by atoms with Crippen LogP contribution in [0.25, 0.3) is 5.69 Å². The number of aromatic nitrogens is 2. The van der Waals surface area contributed by atoms with E-state index in [1.54, 1.807) is 23.0 Å². The molecule has 0 saturated heterocycles. The lowest BCUT2D eigenvalue weighted by Gasteiger charge is -2.07. The molecule has 0 fully saturated rings. The van der Waals surface area contributed by atoms with Crippen molar-refractivity contribution in [3.05, 3.63) is 40.7 Å². The highest BCUT2D eigenvalue weighted by atomic mass is 35.5. The Balaban J connectivity index is 2.43. The highest BCUT2D eigenvalue weighted by Crippen LogP contribution is 2.26. The fourth-order valence-electron chi connectivity index (χ4n) is 1.93. The van der Waals surface area contributed by atoms with Crippen LogP contribution < -0.4 is 10.5 Å². The molecule has 0 aliphatic rings. The van der Waals surface area contributed by atoms with Crippen LogP contribution in [0.15, 0.2) is 24.4 Å². The summed E-state index contributed by atoms with van der Waals surface area (Å²) in [4.78, 5) is 11.4. The standard InChI is InChI=1S/C14H16ClN3O2/c1-3-12-10(14(16)19)8-18(17-12)13-6-5-9(20-4-2)7-11(13)15/h5-8H,3-4H2,1-2H3,(H2,16,19). The predicted molar refractivity (Wildman–Crippen MR) is 77.6 cm³/mol. The summed E-state index contributed by atoms with van der Waals surface area (Å²) in [6, 6.07) is 5.32. The van der Waals surface area contributed by atoms with E-state index in [9.17, 15) is 4.79 Å². The number of nitrogens with zero attached hydrogens (tertiary/aromatic N) is 2. The van der Waals surface area contributed by atoms with Gasteiger partial charge in [0.2, 0.25) is 0 Å². The number of aryl methyl sites for hydroxylation is 1. The van der Waals surface area contributed by atoms with E-state index in [1.807, 2.05) is 19.9 Å². The number of ether oxygens (including phenoxy) is 1. The SMILES string of the molecule is CCOc1ccc(-n2cc(C(N)=O)c(CC)n2)c(Cl)c1. The number of rotatable bonds is 5. The summed E-state index contributed by atoms with van der Waals surface area (Å²) in [6.45, 7) is 4.39. The number of carbonyl (C=O) groups excluding carboxylic acids is 1. The second kappa shape index (κ2) is 5.96. The number of primary amides is 1. The second-order valence-corrected chi connectivity index (χ2v) is 4.61. The van der Waals surface area contributed by atoms with E-state index < -0.39 is 5.91 Å². The number of amides is 1. The molecule has 1 amide bonds. The average molecular weight is 294 g/mol. The number of nitrogens with two attached hydrogens (primary N) is 1. The van der Waals surface area contributed by atoms with Gasteiger partial charge in [-0.25, -0.2) is 4.68 Å². The van der Waals surface area contributed by atoms with Gasteiger partial charge < -0.3 is 10.5 Å². The van der Waals surface area contributed by atoms with Crippen molar-refractivity contribution < 1.29 is 9.53 Å². The summed E-state index contributed by atoms with van der Waals surface area (Å²) in [7, 11) is 0. The summed E-state index contributed by atoms with van der Waals surface area (Å²) in [5.74, 6) is 0.203. The zero-order chi connectivity index (χ0) is 14.7. The first kappa shape index (κ1) is 14.4. The van der Waals surface area contributed by atoms with Crippen molar-refractivity contribution in [3.63, 3.8) is 0 Å². The minimum atomic E-state index is -0.491. The number of carbonyl (C=O) groups is 1. The van der Waals surface area contributed by atoms with Gasteiger partial charge in [0.25, 0.3) is 5.91 Å². The van der Waals surface area contributed by atoms with Gasteiger partial charge >= 0.3 is 0 Å². The first-order valence-electron chi connectivity index (χ1n) is 6.37. The zero-order valence-corrected chi connectivity index (χ0v) is 12.1. The largest absolute Gasteiger partial charge is 0.494 e. The fraction of sp³-hybridized carbons (Fsp3) is 0.286. The van der Waals surface area contributed by atoms with Crippen molar-refractivity contribution in [2.45, 2.75) is 20.3 Å².